The van der Waals surface area contributed by atoms with E-state index in [1.165, 1.54) is 28.9 Å². The van der Waals surface area contributed by atoms with Crippen LogP contribution >= 0.6 is 11.3 Å². The van der Waals surface area contributed by atoms with Crippen molar-refractivity contribution in [3.8, 4) is 11.3 Å². The minimum absolute atomic E-state index is 0.173. The van der Waals surface area contributed by atoms with E-state index in [1.807, 2.05) is 35.7 Å². The summed E-state index contributed by atoms with van der Waals surface area (Å²) in [5.74, 6) is -0.173. The third-order valence-corrected chi connectivity index (χ3v) is 5.84. The molecule has 1 aliphatic rings. The van der Waals surface area contributed by atoms with Gasteiger partial charge in [0.2, 0.25) is 5.91 Å². The average molecular weight is 421 g/mol. The van der Waals surface area contributed by atoms with Crippen LogP contribution in [-0.2, 0) is 24.2 Å². The summed E-state index contributed by atoms with van der Waals surface area (Å²) in [6.07, 6.45) is 3.69. The Balaban J connectivity index is 1.20. The monoisotopic (exact) mass is 420 g/mol. The lowest BCUT2D eigenvalue weighted by Gasteiger charge is -2.07. The summed E-state index contributed by atoms with van der Waals surface area (Å²) in [6, 6.07) is 15.9. The Morgan fingerprint density at radius 1 is 1.00 bits per heavy atom. The fraction of sp³-hybridized carbons (Fsp3) is 0.261. The van der Waals surface area contributed by atoms with Crippen molar-refractivity contribution in [2.75, 3.05) is 11.9 Å². The zero-order valence-electron chi connectivity index (χ0n) is 16.6. The van der Waals surface area contributed by atoms with Gasteiger partial charge in [-0.25, -0.2) is 9.78 Å². The van der Waals surface area contributed by atoms with Gasteiger partial charge in [-0.1, -0.05) is 42.5 Å². The number of carbonyl (C=O) groups is 2. The number of fused-ring (bicyclic) bond motifs is 1. The van der Waals surface area contributed by atoms with Crippen LogP contribution in [0, 0.1) is 0 Å². The third-order valence-electron chi connectivity index (χ3n) is 5.08. The lowest BCUT2D eigenvalue weighted by Crippen LogP contribution is -2.36. The number of hydrogen-bond donors (Lipinski definition) is 3. The van der Waals surface area contributed by atoms with Crippen molar-refractivity contribution >= 4 is 28.4 Å². The second-order valence-electron chi connectivity index (χ2n) is 7.27. The van der Waals surface area contributed by atoms with Gasteiger partial charge in [0.25, 0.3) is 0 Å². The Morgan fingerprint density at radius 2 is 1.83 bits per heavy atom. The van der Waals surface area contributed by atoms with E-state index < -0.39 is 0 Å². The van der Waals surface area contributed by atoms with Gasteiger partial charge < -0.3 is 16.0 Å². The number of nitrogens with one attached hydrogen (secondary N) is 3. The van der Waals surface area contributed by atoms with Gasteiger partial charge in [-0.05, 0) is 42.0 Å². The highest BCUT2D eigenvalue weighted by Crippen LogP contribution is 2.30. The fourth-order valence-corrected chi connectivity index (χ4v) is 4.24. The van der Waals surface area contributed by atoms with E-state index in [0.29, 0.717) is 11.7 Å². The summed E-state index contributed by atoms with van der Waals surface area (Å²) in [4.78, 5) is 28.5. The van der Waals surface area contributed by atoms with Gasteiger partial charge in [0.1, 0.15) is 0 Å². The number of anilines is 1. The maximum atomic E-state index is 12.2. The molecule has 0 radical (unpaired) electrons. The van der Waals surface area contributed by atoms with Crippen molar-refractivity contribution in [1.29, 1.82) is 0 Å². The molecule has 0 saturated carbocycles. The molecule has 0 atom stereocenters. The molecule has 0 saturated heterocycles. The largest absolute Gasteiger partial charge is 0.338 e. The maximum Gasteiger partial charge on any atom is 0.315 e. The van der Waals surface area contributed by atoms with Crippen molar-refractivity contribution in [2.45, 2.75) is 32.2 Å². The van der Waals surface area contributed by atoms with Crippen molar-refractivity contribution in [3.63, 3.8) is 0 Å². The SMILES string of the molecule is O=C(CCNC(=O)NCc1ccccc1)Nc1nc(-c2ccc3c(c2)CCC3)cs1. The predicted octanol–water partition coefficient (Wildman–Crippen LogP) is 4.13. The molecule has 1 heterocycles. The van der Waals surface area contributed by atoms with Crippen LogP contribution in [0.4, 0.5) is 9.93 Å². The molecule has 4 rings (SSSR count). The standard InChI is InChI=1S/C23H24N4O2S/c28-21(11-12-24-22(29)25-14-16-5-2-1-3-6-16)27-23-26-20(15-30-23)19-10-9-17-7-4-8-18(17)13-19/h1-3,5-6,9-10,13,15H,4,7-8,11-12,14H2,(H2,24,25,29)(H,26,27,28). The van der Waals surface area contributed by atoms with E-state index in [4.69, 9.17) is 0 Å². The van der Waals surface area contributed by atoms with Gasteiger partial charge in [0.05, 0.1) is 5.69 Å². The van der Waals surface area contributed by atoms with Gasteiger partial charge in [0.15, 0.2) is 5.13 Å². The number of aryl methyl sites for hydroxylation is 2. The van der Waals surface area contributed by atoms with Crippen LogP contribution < -0.4 is 16.0 Å². The Hall–Kier alpha value is -3.19. The van der Waals surface area contributed by atoms with Crippen molar-refractivity contribution in [1.82, 2.24) is 15.6 Å². The molecule has 1 aliphatic carbocycles. The van der Waals surface area contributed by atoms with E-state index in [9.17, 15) is 9.59 Å². The number of nitrogens with zero attached hydrogens (tertiary/aromatic N) is 1. The molecule has 2 aromatic carbocycles. The number of rotatable bonds is 7. The molecule has 3 N–H and O–H groups in total. The average Bonchev–Trinajstić information content (AvgIpc) is 3.42. The van der Waals surface area contributed by atoms with Crippen LogP contribution in [0.15, 0.2) is 53.9 Å². The lowest BCUT2D eigenvalue weighted by molar-refractivity contribution is -0.116. The number of carbonyl (C=O) groups excluding carboxylic acids is 2. The molecule has 0 spiro atoms. The van der Waals surface area contributed by atoms with Crippen molar-refractivity contribution in [2.24, 2.45) is 0 Å². The minimum atomic E-state index is -0.292. The number of amides is 3. The summed E-state index contributed by atoms with van der Waals surface area (Å²) in [5.41, 5.74) is 5.83. The van der Waals surface area contributed by atoms with E-state index in [2.05, 4.69) is 39.1 Å². The Labute approximate surface area is 179 Å². The summed E-state index contributed by atoms with van der Waals surface area (Å²) in [6.45, 7) is 0.707. The maximum absolute atomic E-state index is 12.2. The zero-order valence-corrected chi connectivity index (χ0v) is 17.4. The fourth-order valence-electron chi connectivity index (χ4n) is 3.51. The molecule has 30 heavy (non-hydrogen) atoms. The van der Waals surface area contributed by atoms with Crippen LogP contribution in [0.25, 0.3) is 11.3 Å². The molecule has 0 bridgehead atoms. The van der Waals surface area contributed by atoms with Gasteiger partial charge in [-0.2, -0.15) is 0 Å². The van der Waals surface area contributed by atoms with Crippen molar-refractivity contribution in [3.05, 3.63) is 70.6 Å². The quantitative estimate of drug-likeness (QED) is 0.537. The molecule has 7 heteroatoms. The molecular weight excluding hydrogens is 396 g/mol. The zero-order chi connectivity index (χ0) is 20.8. The highest BCUT2D eigenvalue weighted by molar-refractivity contribution is 7.14. The van der Waals surface area contributed by atoms with E-state index in [1.54, 1.807) is 0 Å². The molecule has 154 valence electrons. The first-order valence-electron chi connectivity index (χ1n) is 10.1. The molecule has 6 nitrogen and oxygen atoms in total. The van der Waals surface area contributed by atoms with Crippen LogP contribution in [-0.4, -0.2) is 23.5 Å². The molecule has 3 aromatic rings. The Kier molecular flexibility index (Phi) is 6.39. The Morgan fingerprint density at radius 3 is 2.70 bits per heavy atom. The summed E-state index contributed by atoms with van der Waals surface area (Å²) >= 11 is 1.41. The molecule has 0 unspecified atom stereocenters. The summed E-state index contributed by atoms with van der Waals surface area (Å²) < 4.78 is 0. The first kappa shape index (κ1) is 20.1. The highest BCUT2D eigenvalue weighted by atomic mass is 32.1. The first-order valence-corrected chi connectivity index (χ1v) is 11.0. The van der Waals surface area contributed by atoms with Crippen LogP contribution in [0.1, 0.15) is 29.5 Å². The van der Waals surface area contributed by atoms with Gasteiger partial charge in [-0.15, -0.1) is 11.3 Å². The molecule has 1 aromatic heterocycles. The summed E-state index contributed by atoms with van der Waals surface area (Å²) in [7, 11) is 0. The highest BCUT2D eigenvalue weighted by Gasteiger charge is 2.13. The molecular formula is C23H24N4O2S. The number of hydrogen-bond acceptors (Lipinski definition) is 4. The van der Waals surface area contributed by atoms with Gasteiger partial charge >= 0.3 is 6.03 Å². The number of thiazole rings is 1. The van der Waals surface area contributed by atoms with Gasteiger partial charge in [-0.3, -0.25) is 4.79 Å². The topological polar surface area (TPSA) is 83.1 Å². The van der Waals surface area contributed by atoms with Gasteiger partial charge in [0, 0.05) is 30.5 Å². The number of aromatic nitrogens is 1. The molecule has 0 aliphatic heterocycles. The van der Waals surface area contributed by atoms with Crippen molar-refractivity contribution < 1.29 is 9.59 Å². The number of urea groups is 1. The second-order valence-corrected chi connectivity index (χ2v) is 8.13. The first-order chi connectivity index (χ1) is 14.7. The molecule has 0 fully saturated rings. The normalized spacial score (nSPS) is 12.3. The molecule has 3 amide bonds. The van der Waals surface area contributed by atoms with E-state index >= 15 is 0 Å². The Bertz CT molecular complexity index is 1030. The predicted molar refractivity (Wildman–Crippen MR) is 120 cm³/mol. The van der Waals surface area contributed by atoms with Crippen LogP contribution in [0.3, 0.4) is 0 Å². The second kappa shape index (κ2) is 9.54. The minimum Gasteiger partial charge on any atom is -0.338 e. The van der Waals surface area contributed by atoms with Crippen LogP contribution in [0.2, 0.25) is 0 Å². The third kappa shape index (κ3) is 5.24. The number of benzene rings is 2. The van der Waals surface area contributed by atoms with Crippen LogP contribution in [0.5, 0.6) is 0 Å². The lowest BCUT2D eigenvalue weighted by atomic mass is 10.1. The smallest absolute Gasteiger partial charge is 0.315 e. The summed E-state index contributed by atoms with van der Waals surface area (Å²) in [5, 5.41) is 10.8. The van der Waals surface area contributed by atoms with E-state index in [0.717, 1.165) is 29.7 Å². The van der Waals surface area contributed by atoms with E-state index in [-0.39, 0.29) is 24.9 Å².